The number of carbonyl (C=O) groups is 1. The average Bonchev–Trinajstić information content (AvgIpc) is 3.03. The third kappa shape index (κ3) is 39.5. The molecule has 0 saturated heterocycles. The van der Waals surface area contributed by atoms with E-state index in [1.807, 2.05) is 0 Å². The summed E-state index contributed by atoms with van der Waals surface area (Å²) >= 11 is 0. The van der Waals surface area contributed by atoms with Crippen LogP contribution in [-0.2, 0) is 9.53 Å². The lowest BCUT2D eigenvalue weighted by atomic mass is 10.00. The Kier molecular flexibility index (Phi) is 44.0. The van der Waals surface area contributed by atoms with E-state index in [0.717, 1.165) is 32.1 Å². The average molecular weight is 623 g/mol. The van der Waals surface area contributed by atoms with Gasteiger partial charge in [-0.3, -0.25) is 4.79 Å². The first-order valence-corrected chi connectivity index (χ1v) is 20.8. The number of hydrogen-bond donors (Lipinski definition) is 0. The van der Waals surface area contributed by atoms with Gasteiger partial charge in [-0.2, -0.15) is 0 Å². The fraction of sp³-hybridized carbons (Fsp3) is 0.976. The minimum absolute atomic E-state index is 0.0376. The normalized spacial score (nSPS) is 11.8. The molecule has 44 heavy (non-hydrogen) atoms. The van der Waals surface area contributed by atoms with E-state index in [1.165, 1.54) is 186 Å². The molecular weight excluding hydrogens is 536 g/mol. The predicted octanol–water partition coefficient (Wildman–Crippen LogP) is 15.5. The van der Waals surface area contributed by atoms with Crippen LogP contribution < -0.4 is 0 Å². The van der Waals surface area contributed by atoms with E-state index >= 15 is 0 Å². The standard InChI is InChI=1S/C24H48O2.C18H38/c1-4-7-9-10-11-12-13-14-15-16-17-18-19-20-22-26-24(25)23(6-3)21-8-5-2;1-3-5-7-9-11-13-15-17-18-16-14-12-10-8-6-4-2/h23H,4-22H2,1-3H3;3-18H2,1-2H3. The topological polar surface area (TPSA) is 26.3 Å². The molecule has 2 heteroatoms. The molecule has 1 atom stereocenters. The van der Waals surface area contributed by atoms with Gasteiger partial charge in [0.1, 0.15) is 0 Å². The van der Waals surface area contributed by atoms with E-state index in [1.54, 1.807) is 0 Å². The Morgan fingerprint density at radius 2 is 0.614 bits per heavy atom. The van der Waals surface area contributed by atoms with Gasteiger partial charge in [0.15, 0.2) is 0 Å². The summed E-state index contributed by atoms with van der Waals surface area (Å²) in [5.41, 5.74) is 0. The zero-order valence-corrected chi connectivity index (χ0v) is 31.6. The van der Waals surface area contributed by atoms with Crippen LogP contribution in [0.5, 0.6) is 0 Å². The highest BCUT2D eigenvalue weighted by Gasteiger charge is 2.16. The van der Waals surface area contributed by atoms with Crippen LogP contribution in [0.25, 0.3) is 0 Å². The number of esters is 1. The van der Waals surface area contributed by atoms with Gasteiger partial charge in [-0.05, 0) is 19.3 Å². The molecule has 0 aliphatic carbocycles. The molecule has 0 aromatic carbocycles. The van der Waals surface area contributed by atoms with Crippen molar-refractivity contribution in [2.75, 3.05) is 6.61 Å². The molecular formula is C42H86O2. The van der Waals surface area contributed by atoms with E-state index in [4.69, 9.17) is 4.74 Å². The maximum atomic E-state index is 12.0. The minimum Gasteiger partial charge on any atom is -0.465 e. The first kappa shape index (κ1) is 45.6. The molecule has 0 saturated carbocycles. The lowest BCUT2D eigenvalue weighted by Gasteiger charge is -2.13. The van der Waals surface area contributed by atoms with Gasteiger partial charge in [-0.25, -0.2) is 0 Å². The number of carbonyl (C=O) groups excluding carboxylic acids is 1. The Morgan fingerprint density at radius 3 is 0.864 bits per heavy atom. The monoisotopic (exact) mass is 623 g/mol. The molecule has 0 rings (SSSR count). The SMILES string of the molecule is CCCCCCCCCCCCCCCCCC.CCCCCCCCCCCCCCCCOC(=O)C(CC)CCCC. The van der Waals surface area contributed by atoms with Crippen LogP contribution in [0.2, 0.25) is 0 Å². The fourth-order valence-corrected chi connectivity index (χ4v) is 6.15. The van der Waals surface area contributed by atoms with Gasteiger partial charge < -0.3 is 4.74 Å². The molecule has 0 bridgehead atoms. The number of unbranched alkanes of at least 4 members (excludes halogenated alkanes) is 29. The lowest BCUT2D eigenvalue weighted by molar-refractivity contribution is -0.149. The van der Waals surface area contributed by atoms with E-state index < -0.39 is 0 Å². The number of hydrogen-bond acceptors (Lipinski definition) is 2. The van der Waals surface area contributed by atoms with Gasteiger partial charge in [0.25, 0.3) is 0 Å². The summed E-state index contributed by atoms with van der Waals surface area (Å²) in [5.74, 6) is 0.164. The van der Waals surface area contributed by atoms with Crippen molar-refractivity contribution in [1.82, 2.24) is 0 Å². The summed E-state index contributed by atoms with van der Waals surface area (Å²) in [6.07, 6.45) is 46.6. The molecule has 1 unspecified atom stereocenters. The van der Waals surface area contributed by atoms with Crippen molar-refractivity contribution in [3.8, 4) is 0 Å². The number of rotatable bonds is 35. The summed E-state index contributed by atoms with van der Waals surface area (Å²) < 4.78 is 5.46. The lowest BCUT2D eigenvalue weighted by Crippen LogP contribution is -2.17. The van der Waals surface area contributed by atoms with Crippen molar-refractivity contribution in [3.05, 3.63) is 0 Å². The zero-order valence-electron chi connectivity index (χ0n) is 31.6. The third-order valence-corrected chi connectivity index (χ3v) is 9.43. The van der Waals surface area contributed by atoms with Crippen molar-refractivity contribution < 1.29 is 9.53 Å². The van der Waals surface area contributed by atoms with Crippen LogP contribution in [-0.4, -0.2) is 12.6 Å². The van der Waals surface area contributed by atoms with E-state index in [9.17, 15) is 4.79 Å². The molecule has 266 valence electrons. The van der Waals surface area contributed by atoms with Crippen molar-refractivity contribution in [2.24, 2.45) is 5.92 Å². The van der Waals surface area contributed by atoms with Crippen LogP contribution in [0.1, 0.15) is 253 Å². The fourth-order valence-electron chi connectivity index (χ4n) is 6.15. The predicted molar refractivity (Wildman–Crippen MR) is 200 cm³/mol. The summed E-state index contributed by atoms with van der Waals surface area (Å²) in [6, 6.07) is 0. The summed E-state index contributed by atoms with van der Waals surface area (Å²) in [4.78, 5) is 12.0. The first-order chi connectivity index (χ1) is 21.7. The summed E-state index contributed by atoms with van der Waals surface area (Å²) in [7, 11) is 0. The van der Waals surface area contributed by atoms with Crippen LogP contribution in [0.4, 0.5) is 0 Å². The molecule has 0 aliphatic rings. The van der Waals surface area contributed by atoms with Gasteiger partial charge in [0.05, 0.1) is 12.5 Å². The Hall–Kier alpha value is -0.530. The van der Waals surface area contributed by atoms with Crippen molar-refractivity contribution >= 4 is 5.97 Å². The molecule has 2 nitrogen and oxygen atoms in total. The highest BCUT2D eigenvalue weighted by molar-refractivity contribution is 5.72. The van der Waals surface area contributed by atoms with Crippen molar-refractivity contribution in [2.45, 2.75) is 253 Å². The van der Waals surface area contributed by atoms with Crippen molar-refractivity contribution in [1.29, 1.82) is 0 Å². The third-order valence-electron chi connectivity index (χ3n) is 9.43. The van der Waals surface area contributed by atoms with E-state index in [2.05, 4.69) is 34.6 Å². The second-order valence-electron chi connectivity index (χ2n) is 14.0. The Balaban J connectivity index is 0. The number of ether oxygens (including phenoxy) is 1. The van der Waals surface area contributed by atoms with Crippen LogP contribution >= 0.6 is 0 Å². The second-order valence-corrected chi connectivity index (χ2v) is 14.0. The molecule has 0 heterocycles. The highest BCUT2D eigenvalue weighted by atomic mass is 16.5. The van der Waals surface area contributed by atoms with Crippen LogP contribution in [0.3, 0.4) is 0 Å². The summed E-state index contributed by atoms with van der Waals surface area (Å²) in [5, 5.41) is 0. The Bertz CT molecular complexity index is 486. The van der Waals surface area contributed by atoms with Gasteiger partial charge >= 0.3 is 5.97 Å². The van der Waals surface area contributed by atoms with Crippen LogP contribution in [0.15, 0.2) is 0 Å². The smallest absolute Gasteiger partial charge is 0.308 e. The molecule has 0 spiro atoms. The maximum Gasteiger partial charge on any atom is 0.308 e. The largest absolute Gasteiger partial charge is 0.465 e. The van der Waals surface area contributed by atoms with E-state index in [-0.39, 0.29) is 11.9 Å². The quantitative estimate of drug-likeness (QED) is 0.0519. The van der Waals surface area contributed by atoms with Gasteiger partial charge in [0.2, 0.25) is 0 Å². The zero-order chi connectivity index (χ0) is 32.6. The second kappa shape index (κ2) is 42.5. The first-order valence-electron chi connectivity index (χ1n) is 20.8. The van der Waals surface area contributed by atoms with Gasteiger partial charge in [-0.15, -0.1) is 0 Å². The Labute approximate surface area is 280 Å². The minimum atomic E-state index is 0.0376. The molecule has 0 N–H and O–H groups in total. The molecule has 0 fully saturated rings. The van der Waals surface area contributed by atoms with E-state index in [0.29, 0.717) is 6.61 Å². The maximum absolute atomic E-state index is 12.0. The van der Waals surface area contributed by atoms with Gasteiger partial charge in [0, 0.05) is 0 Å². The van der Waals surface area contributed by atoms with Crippen molar-refractivity contribution in [3.63, 3.8) is 0 Å². The molecule has 0 radical (unpaired) electrons. The van der Waals surface area contributed by atoms with Gasteiger partial charge in [-0.1, -0.05) is 234 Å². The highest BCUT2D eigenvalue weighted by Crippen LogP contribution is 2.16. The Morgan fingerprint density at radius 1 is 0.364 bits per heavy atom. The molecule has 0 aromatic rings. The molecule has 0 aromatic heterocycles. The molecule has 0 aliphatic heterocycles. The molecule has 0 amide bonds. The summed E-state index contributed by atoms with van der Waals surface area (Å²) in [6.45, 7) is 11.8. The van der Waals surface area contributed by atoms with Crippen LogP contribution in [0, 0.1) is 5.92 Å².